The molecule has 3 heteroatoms. The van der Waals surface area contributed by atoms with Crippen LogP contribution in [0, 0.1) is 6.92 Å². The molecule has 0 aromatic heterocycles. The maximum Gasteiger partial charge on any atom is 0.0439 e. The van der Waals surface area contributed by atoms with E-state index in [0.717, 1.165) is 10.2 Å². The Kier molecular flexibility index (Phi) is 3.56. The van der Waals surface area contributed by atoms with Gasteiger partial charge in [0.1, 0.15) is 0 Å². The zero-order valence-electron chi connectivity index (χ0n) is 8.89. The molecule has 0 fully saturated rings. The first-order chi connectivity index (χ1) is 6.44. The van der Waals surface area contributed by atoms with Gasteiger partial charge in [-0.05, 0) is 44.5 Å². The Morgan fingerprint density at radius 2 is 2.07 bits per heavy atom. The fourth-order valence-electron chi connectivity index (χ4n) is 1.16. The van der Waals surface area contributed by atoms with E-state index in [4.69, 9.17) is 5.73 Å². The van der Waals surface area contributed by atoms with Crippen LogP contribution in [0.5, 0.6) is 0 Å². The summed E-state index contributed by atoms with van der Waals surface area (Å²) in [6.07, 6.45) is 0. The van der Waals surface area contributed by atoms with Gasteiger partial charge in [0, 0.05) is 22.2 Å². The minimum Gasteiger partial charge on any atom is -0.379 e. The molecule has 2 nitrogen and oxygen atoms in total. The highest BCUT2D eigenvalue weighted by atomic mass is 79.9. The zero-order chi connectivity index (χ0) is 10.8. The zero-order valence-corrected chi connectivity index (χ0v) is 10.5. The molecule has 0 atom stereocenters. The summed E-state index contributed by atoms with van der Waals surface area (Å²) >= 11 is 3.47. The molecular weight excluding hydrogens is 240 g/mol. The molecule has 0 unspecified atom stereocenters. The summed E-state index contributed by atoms with van der Waals surface area (Å²) in [5.41, 5.74) is 7.93. The lowest BCUT2D eigenvalue weighted by atomic mass is 10.1. The average molecular weight is 257 g/mol. The second-order valence-corrected chi connectivity index (χ2v) is 5.03. The SMILES string of the molecule is Cc1cc(NC(C)(C)CN)ccc1Br. The minimum absolute atomic E-state index is 0.0553. The van der Waals surface area contributed by atoms with Crippen LogP contribution in [0.2, 0.25) is 0 Å². The molecule has 0 aliphatic heterocycles. The van der Waals surface area contributed by atoms with Gasteiger partial charge in [0.05, 0.1) is 0 Å². The molecule has 0 radical (unpaired) electrons. The summed E-state index contributed by atoms with van der Waals surface area (Å²) in [6, 6.07) is 6.21. The van der Waals surface area contributed by atoms with Crippen molar-refractivity contribution in [2.24, 2.45) is 5.73 Å². The number of nitrogens with one attached hydrogen (secondary N) is 1. The van der Waals surface area contributed by atoms with Crippen LogP contribution in [0.3, 0.4) is 0 Å². The Balaban J connectivity index is 2.83. The lowest BCUT2D eigenvalue weighted by Crippen LogP contribution is -2.39. The highest BCUT2D eigenvalue weighted by Gasteiger charge is 2.14. The standard InChI is InChI=1S/C11H17BrN2/c1-8-6-9(4-5-10(8)12)14-11(2,3)7-13/h4-6,14H,7,13H2,1-3H3. The first-order valence-corrected chi connectivity index (χ1v) is 5.48. The molecule has 0 aliphatic carbocycles. The first kappa shape index (κ1) is 11.5. The Hall–Kier alpha value is -0.540. The van der Waals surface area contributed by atoms with Crippen molar-refractivity contribution in [3.8, 4) is 0 Å². The molecule has 0 spiro atoms. The molecule has 0 heterocycles. The quantitative estimate of drug-likeness (QED) is 0.873. The van der Waals surface area contributed by atoms with E-state index < -0.39 is 0 Å². The fourth-order valence-corrected chi connectivity index (χ4v) is 1.41. The van der Waals surface area contributed by atoms with E-state index in [0.29, 0.717) is 6.54 Å². The van der Waals surface area contributed by atoms with Crippen molar-refractivity contribution in [2.45, 2.75) is 26.3 Å². The highest BCUT2D eigenvalue weighted by molar-refractivity contribution is 9.10. The van der Waals surface area contributed by atoms with Crippen LogP contribution in [0.25, 0.3) is 0 Å². The normalized spacial score (nSPS) is 11.5. The van der Waals surface area contributed by atoms with Crippen LogP contribution in [0.1, 0.15) is 19.4 Å². The van der Waals surface area contributed by atoms with Crippen molar-refractivity contribution in [3.63, 3.8) is 0 Å². The molecule has 0 saturated heterocycles. The third-order valence-corrected chi connectivity index (χ3v) is 3.04. The van der Waals surface area contributed by atoms with Crippen LogP contribution in [-0.4, -0.2) is 12.1 Å². The molecule has 78 valence electrons. The molecule has 0 saturated carbocycles. The molecule has 3 N–H and O–H groups in total. The van der Waals surface area contributed by atoms with Crippen molar-refractivity contribution in [3.05, 3.63) is 28.2 Å². The Morgan fingerprint density at radius 3 is 2.57 bits per heavy atom. The van der Waals surface area contributed by atoms with E-state index in [-0.39, 0.29) is 5.54 Å². The monoisotopic (exact) mass is 256 g/mol. The van der Waals surface area contributed by atoms with Gasteiger partial charge in [-0.25, -0.2) is 0 Å². The van der Waals surface area contributed by atoms with E-state index in [1.165, 1.54) is 5.56 Å². The lowest BCUT2D eigenvalue weighted by Gasteiger charge is -2.25. The maximum absolute atomic E-state index is 5.65. The number of hydrogen-bond donors (Lipinski definition) is 2. The minimum atomic E-state index is -0.0553. The van der Waals surface area contributed by atoms with Crippen LogP contribution in [-0.2, 0) is 0 Å². The smallest absolute Gasteiger partial charge is 0.0439 e. The molecule has 14 heavy (non-hydrogen) atoms. The van der Waals surface area contributed by atoms with E-state index in [9.17, 15) is 0 Å². The van der Waals surface area contributed by atoms with Gasteiger partial charge in [0.15, 0.2) is 0 Å². The van der Waals surface area contributed by atoms with Crippen molar-refractivity contribution in [1.82, 2.24) is 0 Å². The van der Waals surface area contributed by atoms with Crippen LogP contribution >= 0.6 is 15.9 Å². The summed E-state index contributed by atoms with van der Waals surface area (Å²) in [5.74, 6) is 0. The average Bonchev–Trinajstić information content (AvgIpc) is 2.11. The summed E-state index contributed by atoms with van der Waals surface area (Å²) in [6.45, 7) is 6.86. The van der Waals surface area contributed by atoms with E-state index in [1.807, 2.05) is 6.07 Å². The predicted octanol–water partition coefficient (Wildman–Crippen LogP) is 2.91. The molecular formula is C11H17BrN2. The molecule has 0 amide bonds. The van der Waals surface area contributed by atoms with Crippen LogP contribution in [0.4, 0.5) is 5.69 Å². The van der Waals surface area contributed by atoms with Gasteiger partial charge in [-0.2, -0.15) is 0 Å². The fraction of sp³-hybridized carbons (Fsp3) is 0.455. The molecule has 0 aliphatic rings. The number of benzene rings is 1. The van der Waals surface area contributed by atoms with Crippen LogP contribution in [0.15, 0.2) is 22.7 Å². The third-order valence-electron chi connectivity index (χ3n) is 2.15. The van der Waals surface area contributed by atoms with Gasteiger partial charge in [0.25, 0.3) is 0 Å². The molecule has 1 rings (SSSR count). The van der Waals surface area contributed by atoms with E-state index in [2.05, 4.69) is 54.2 Å². The first-order valence-electron chi connectivity index (χ1n) is 4.69. The number of halogens is 1. The largest absolute Gasteiger partial charge is 0.379 e. The molecule has 1 aromatic rings. The van der Waals surface area contributed by atoms with Gasteiger partial charge in [0.2, 0.25) is 0 Å². The summed E-state index contributed by atoms with van der Waals surface area (Å²) < 4.78 is 1.13. The third kappa shape index (κ3) is 3.00. The number of nitrogens with two attached hydrogens (primary N) is 1. The number of aryl methyl sites for hydroxylation is 1. The number of rotatable bonds is 3. The number of hydrogen-bond acceptors (Lipinski definition) is 2. The van der Waals surface area contributed by atoms with Gasteiger partial charge in [-0.15, -0.1) is 0 Å². The number of anilines is 1. The predicted molar refractivity (Wildman–Crippen MR) is 65.6 cm³/mol. The highest BCUT2D eigenvalue weighted by Crippen LogP contribution is 2.22. The van der Waals surface area contributed by atoms with Gasteiger partial charge >= 0.3 is 0 Å². The van der Waals surface area contributed by atoms with Crippen LogP contribution < -0.4 is 11.1 Å². The Morgan fingerprint density at radius 1 is 1.43 bits per heavy atom. The van der Waals surface area contributed by atoms with Gasteiger partial charge in [-0.3, -0.25) is 0 Å². The second-order valence-electron chi connectivity index (χ2n) is 4.18. The topological polar surface area (TPSA) is 38.0 Å². The Labute approximate surface area is 94.0 Å². The van der Waals surface area contributed by atoms with Crippen molar-refractivity contribution in [2.75, 3.05) is 11.9 Å². The lowest BCUT2D eigenvalue weighted by molar-refractivity contribution is 0.580. The van der Waals surface area contributed by atoms with Crippen molar-refractivity contribution < 1.29 is 0 Å². The van der Waals surface area contributed by atoms with E-state index >= 15 is 0 Å². The second kappa shape index (κ2) is 4.32. The Bertz CT molecular complexity index is 321. The van der Waals surface area contributed by atoms with Crippen molar-refractivity contribution in [1.29, 1.82) is 0 Å². The molecule has 1 aromatic carbocycles. The maximum atomic E-state index is 5.65. The van der Waals surface area contributed by atoms with Crippen molar-refractivity contribution >= 4 is 21.6 Å². The van der Waals surface area contributed by atoms with Gasteiger partial charge < -0.3 is 11.1 Å². The summed E-state index contributed by atoms with van der Waals surface area (Å²) in [4.78, 5) is 0. The summed E-state index contributed by atoms with van der Waals surface area (Å²) in [7, 11) is 0. The van der Waals surface area contributed by atoms with Gasteiger partial charge in [-0.1, -0.05) is 15.9 Å². The van der Waals surface area contributed by atoms with E-state index in [1.54, 1.807) is 0 Å². The molecule has 0 bridgehead atoms. The summed E-state index contributed by atoms with van der Waals surface area (Å²) in [5, 5.41) is 3.39.